The van der Waals surface area contributed by atoms with Crippen molar-refractivity contribution in [3.8, 4) is 11.5 Å². The quantitative estimate of drug-likeness (QED) is 0.256. The number of nitrogens with one attached hydrogen (secondary N) is 1. The van der Waals surface area contributed by atoms with Crippen LogP contribution in [0.3, 0.4) is 0 Å². The number of hydrogen-bond acceptors (Lipinski definition) is 6. The van der Waals surface area contributed by atoms with E-state index in [1.807, 2.05) is 45.0 Å². The van der Waals surface area contributed by atoms with Crippen molar-refractivity contribution >= 4 is 27.5 Å². The number of carbonyl (C=O) groups excluding carboxylic acids is 2. The molecule has 1 N–H and O–H groups in total. The van der Waals surface area contributed by atoms with Crippen LogP contribution < -0.4 is 19.1 Å². The summed E-state index contributed by atoms with van der Waals surface area (Å²) in [7, 11) is -1.35. The third-order valence-corrected chi connectivity index (χ3v) is 10.3. The van der Waals surface area contributed by atoms with Crippen molar-refractivity contribution < 1.29 is 27.5 Å². The molecule has 3 aromatic carbocycles. The van der Waals surface area contributed by atoms with Crippen LogP contribution in [-0.2, 0) is 26.2 Å². The van der Waals surface area contributed by atoms with Crippen molar-refractivity contribution in [1.82, 2.24) is 10.2 Å². The van der Waals surface area contributed by atoms with E-state index in [1.54, 1.807) is 24.3 Å². The molecule has 1 atom stereocenters. The van der Waals surface area contributed by atoms with Gasteiger partial charge in [-0.25, -0.2) is 8.42 Å². The molecule has 0 aliphatic heterocycles. The zero-order chi connectivity index (χ0) is 32.6. The van der Waals surface area contributed by atoms with E-state index in [2.05, 4.69) is 5.32 Å². The zero-order valence-corrected chi connectivity index (χ0v) is 27.7. The fourth-order valence-corrected chi connectivity index (χ4v) is 7.21. The number of carbonyl (C=O) groups is 2. The van der Waals surface area contributed by atoms with Crippen LogP contribution >= 0.6 is 0 Å². The molecule has 0 heterocycles. The van der Waals surface area contributed by atoms with Gasteiger partial charge in [-0.05, 0) is 68.5 Å². The second kappa shape index (κ2) is 15.3. The standard InChI is InChI=1S/C35H45N3O6S/c1-6-31(35(40)36-28-14-8-7-9-15-28)37(23-27-13-11-10-12-26(27)3)34(39)24-38(29-18-16-25(2)17-19-29)45(41,42)30-20-21-32(43-4)33(22-30)44-5/h10-13,16-22,28,31H,6-9,14-15,23-24H2,1-5H3,(H,36,40). The van der Waals surface area contributed by atoms with Crippen molar-refractivity contribution in [2.45, 2.75) is 82.8 Å². The fraction of sp³-hybridized carbons (Fsp3) is 0.429. The van der Waals surface area contributed by atoms with Crippen LogP contribution in [0.25, 0.3) is 0 Å². The first-order chi connectivity index (χ1) is 21.6. The van der Waals surface area contributed by atoms with Gasteiger partial charge in [-0.1, -0.05) is 68.1 Å². The first-order valence-corrected chi connectivity index (χ1v) is 17.0. The van der Waals surface area contributed by atoms with Crippen LogP contribution in [0.15, 0.2) is 71.6 Å². The monoisotopic (exact) mass is 635 g/mol. The van der Waals surface area contributed by atoms with Crippen LogP contribution in [0.1, 0.15) is 62.1 Å². The highest BCUT2D eigenvalue weighted by Crippen LogP contribution is 2.32. The van der Waals surface area contributed by atoms with Crippen molar-refractivity contribution in [3.63, 3.8) is 0 Å². The summed E-state index contributed by atoms with van der Waals surface area (Å²) in [4.78, 5) is 29.6. The van der Waals surface area contributed by atoms with Gasteiger partial charge in [0.2, 0.25) is 11.8 Å². The van der Waals surface area contributed by atoms with Crippen LogP contribution in [0, 0.1) is 13.8 Å². The zero-order valence-electron chi connectivity index (χ0n) is 26.9. The Kier molecular flexibility index (Phi) is 11.5. The normalized spacial score (nSPS) is 14.3. The Hall–Kier alpha value is -4.05. The predicted molar refractivity (Wildman–Crippen MR) is 176 cm³/mol. The van der Waals surface area contributed by atoms with Crippen LogP contribution in [-0.4, -0.2) is 58.0 Å². The molecule has 1 aliphatic rings. The Balaban J connectivity index is 1.74. The summed E-state index contributed by atoms with van der Waals surface area (Å²) in [6, 6.07) is 18.3. The van der Waals surface area contributed by atoms with Gasteiger partial charge in [0.1, 0.15) is 12.6 Å². The maximum absolute atomic E-state index is 14.4. The van der Waals surface area contributed by atoms with E-state index >= 15 is 0 Å². The second-order valence-electron chi connectivity index (χ2n) is 11.6. The third-order valence-electron chi connectivity index (χ3n) is 8.48. The lowest BCUT2D eigenvalue weighted by atomic mass is 9.95. The molecular formula is C35H45N3O6S. The highest BCUT2D eigenvalue weighted by Gasteiger charge is 2.35. The molecule has 2 amide bonds. The molecular weight excluding hydrogens is 590 g/mol. The smallest absolute Gasteiger partial charge is 0.264 e. The highest BCUT2D eigenvalue weighted by atomic mass is 32.2. The molecule has 0 radical (unpaired) electrons. The number of nitrogens with zero attached hydrogens (tertiary/aromatic N) is 2. The number of sulfonamides is 1. The molecule has 3 aromatic rings. The number of anilines is 1. The molecule has 1 fully saturated rings. The average Bonchev–Trinajstić information content (AvgIpc) is 3.04. The maximum Gasteiger partial charge on any atom is 0.264 e. The van der Waals surface area contributed by atoms with Crippen molar-refractivity contribution in [1.29, 1.82) is 0 Å². The van der Waals surface area contributed by atoms with Gasteiger partial charge >= 0.3 is 0 Å². The predicted octanol–water partition coefficient (Wildman–Crippen LogP) is 5.77. The summed E-state index contributed by atoms with van der Waals surface area (Å²) in [5, 5.41) is 3.19. The van der Waals surface area contributed by atoms with Gasteiger partial charge in [-0.15, -0.1) is 0 Å². The minimum Gasteiger partial charge on any atom is -0.493 e. The van der Waals surface area contributed by atoms with Gasteiger partial charge in [0.15, 0.2) is 11.5 Å². The molecule has 1 saturated carbocycles. The average molecular weight is 636 g/mol. The van der Waals surface area contributed by atoms with Gasteiger partial charge in [-0.2, -0.15) is 0 Å². The lowest BCUT2D eigenvalue weighted by Gasteiger charge is -2.34. The number of methoxy groups -OCH3 is 2. The number of rotatable bonds is 13. The number of amides is 2. The van der Waals surface area contributed by atoms with Gasteiger partial charge in [0, 0.05) is 18.7 Å². The maximum atomic E-state index is 14.4. The Labute approximate surface area is 267 Å². The number of hydrogen-bond donors (Lipinski definition) is 1. The Morgan fingerprint density at radius 2 is 1.58 bits per heavy atom. The summed E-state index contributed by atoms with van der Waals surface area (Å²) in [6.07, 6.45) is 5.49. The molecule has 1 aliphatic carbocycles. The number of ether oxygens (including phenoxy) is 2. The topological polar surface area (TPSA) is 105 Å². The second-order valence-corrected chi connectivity index (χ2v) is 13.4. The van der Waals surface area contributed by atoms with Gasteiger partial charge in [0.25, 0.3) is 10.0 Å². The fourth-order valence-electron chi connectivity index (χ4n) is 5.78. The first kappa shape index (κ1) is 33.8. The molecule has 0 saturated heterocycles. The molecule has 0 spiro atoms. The van der Waals surface area contributed by atoms with Crippen molar-refractivity contribution in [2.75, 3.05) is 25.1 Å². The van der Waals surface area contributed by atoms with E-state index in [0.717, 1.165) is 53.1 Å². The van der Waals surface area contributed by atoms with E-state index in [4.69, 9.17) is 9.47 Å². The molecule has 9 nitrogen and oxygen atoms in total. The van der Waals surface area contributed by atoms with E-state index < -0.39 is 28.5 Å². The summed E-state index contributed by atoms with van der Waals surface area (Å²) in [6.45, 7) is 5.41. The van der Waals surface area contributed by atoms with Gasteiger partial charge in [-0.3, -0.25) is 13.9 Å². The van der Waals surface area contributed by atoms with E-state index in [9.17, 15) is 18.0 Å². The van der Waals surface area contributed by atoms with Gasteiger partial charge in [0.05, 0.1) is 24.8 Å². The number of aryl methyl sites for hydroxylation is 2. The first-order valence-electron chi connectivity index (χ1n) is 15.5. The number of benzene rings is 3. The summed E-state index contributed by atoms with van der Waals surface area (Å²) in [5.41, 5.74) is 3.14. The lowest BCUT2D eigenvalue weighted by Crippen LogP contribution is -2.54. The Morgan fingerprint density at radius 3 is 2.20 bits per heavy atom. The lowest BCUT2D eigenvalue weighted by molar-refractivity contribution is -0.140. The summed E-state index contributed by atoms with van der Waals surface area (Å²) >= 11 is 0. The largest absolute Gasteiger partial charge is 0.493 e. The van der Waals surface area contributed by atoms with Crippen molar-refractivity contribution in [3.05, 3.63) is 83.4 Å². The molecule has 1 unspecified atom stereocenters. The minimum absolute atomic E-state index is 0.0546. The molecule has 242 valence electrons. The molecule has 0 bridgehead atoms. The molecule has 4 rings (SSSR count). The molecule has 10 heteroatoms. The third kappa shape index (κ3) is 8.16. The van der Waals surface area contributed by atoms with Crippen LogP contribution in [0.2, 0.25) is 0 Å². The Bertz CT molecular complexity index is 1570. The van der Waals surface area contributed by atoms with E-state index in [1.165, 1.54) is 37.3 Å². The Morgan fingerprint density at radius 1 is 0.911 bits per heavy atom. The SMILES string of the molecule is CCC(C(=O)NC1CCCCC1)N(Cc1ccccc1C)C(=O)CN(c1ccc(C)cc1)S(=O)(=O)c1ccc(OC)c(OC)c1. The van der Waals surface area contributed by atoms with Crippen LogP contribution in [0.5, 0.6) is 11.5 Å². The van der Waals surface area contributed by atoms with E-state index in [0.29, 0.717) is 17.9 Å². The molecule has 0 aromatic heterocycles. The minimum atomic E-state index is -4.26. The molecule has 45 heavy (non-hydrogen) atoms. The van der Waals surface area contributed by atoms with Crippen molar-refractivity contribution in [2.24, 2.45) is 0 Å². The van der Waals surface area contributed by atoms with E-state index in [-0.39, 0.29) is 29.1 Å². The summed E-state index contributed by atoms with van der Waals surface area (Å²) in [5.74, 6) is -0.0570. The highest BCUT2D eigenvalue weighted by molar-refractivity contribution is 7.92. The van der Waals surface area contributed by atoms with Crippen LogP contribution in [0.4, 0.5) is 5.69 Å². The summed E-state index contributed by atoms with van der Waals surface area (Å²) < 4.78 is 40.3. The van der Waals surface area contributed by atoms with Gasteiger partial charge < -0.3 is 19.7 Å².